The number of fused-ring (bicyclic) bond motifs is 7. The summed E-state index contributed by atoms with van der Waals surface area (Å²) in [6.45, 7) is 5.05. The lowest BCUT2D eigenvalue weighted by Crippen LogP contribution is -2.45. The van der Waals surface area contributed by atoms with E-state index in [-0.39, 0.29) is 49.0 Å². The molecule has 220 valence electrons. The zero-order chi connectivity index (χ0) is 29.2. The van der Waals surface area contributed by atoms with Crippen molar-refractivity contribution >= 4 is 17.7 Å². The lowest BCUT2D eigenvalue weighted by atomic mass is 10.1. The number of aromatic nitrogens is 1. The molecule has 2 atom stereocenters. The lowest BCUT2D eigenvalue weighted by Gasteiger charge is -2.21. The van der Waals surface area contributed by atoms with Gasteiger partial charge in [0.25, 0.3) is 17.7 Å². The minimum Gasteiger partial charge on any atom is -0.493 e. The molecule has 42 heavy (non-hydrogen) atoms. The van der Waals surface area contributed by atoms with Gasteiger partial charge in [-0.3, -0.25) is 14.4 Å². The number of nitrogens with one attached hydrogen (secondary N) is 2. The monoisotopic (exact) mass is 574 g/mol. The zero-order valence-electron chi connectivity index (χ0n) is 23.6. The van der Waals surface area contributed by atoms with Gasteiger partial charge in [0, 0.05) is 36.7 Å². The van der Waals surface area contributed by atoms with Crippen molar-refractivity contribution in [1.29, 1.82) is 0 Å². The summed E-state index contributed by atoms with van der Waals surface area (Å²) < 4.78 is 23.4. The summed E-state index contributed by atoms with van der Waals surface area (Å²) in [5.41, 5.74) is 1.42. The predicted molar refractivity (Wildman–Crippen MR) is 151 cm³/mol. The third-order valence-corrected chi connectivity index (χ3v) is 7.58. The number of hydrogen-bond donors (Lipinski definition) is 2. The molecule has 0 radical (unpaired) electrons. The van der Waals surface area contributed by atoms with Crippen molar-refractivity contribution in [3.8, 4) is 17.2 Å². The van der Waals surface area contributed by atoms with Crippen LogP contribution in [0.5, 0.6) is 17.2 Å². The first-order chi connectivity index (χ1) is 20.3. The Kier molecular flexibility index (Phi) is 7.73. The van der Waals surface area contributed by atoms with E-state index in [1.807, 2.05) is 26.0 Å². The SMILES string of the molecule is CC(C)c1cc(C(=O)N2C[C@@H]3NC(=O)c4cc(cc(OCC5CC5)c4)OCC(=O)NCc4ccc(cc4)O[C@H]3C2)no1. The quantitative estimate of drug-likeness (QED) is 0.475. The number of amides is 3. The third kappa shape index (κ3) is 6.50. The Balaban J connectivity index is 1.27. The number of likely N-dealkylation sites (tertiary alicyclic amines) is 1. The van der Waals surface area contributed by atoms with E-state index in [0.717, 1.165) is 18.4 Å². The molecule has 11 nitrogen and oxygen atoms in total. The van der Waals surface area contributed by atoms with Gasteiger partial charge in [-0.2, -0.15) is 0 Å². The molecule has 1 saturated carbocycles. The largest absolute Gasteiger partial charge is 0.493 e. The second kappa shape index (κ2) is 11.8. The minimum atomic E-state index is -0.527. The second-order valence-corrected chi connectivity index (χ2v) is 11.4. The number of carbonyl (C=O) groups excluding carboxylic acids is 3. The molecule has 2 fully saturated rings. The van der Waals surface area contributed by atoms with Crippen molar-refractivity contribution in [3.63, 3.8) is 0 Å². The molecule has 1 aromatic heterocycles. The standard InChI is InChI=1S/C31H34N4O7/c1-18(2)27-12-25(34-42-27)31(38)35-14-26-28(15-35)41-22-7-5-19(6-8-22)13-32-29(36)17-40-24-10-21(30(37)33-26)9-23(11-24)39-16-20-3-4-20/h5-12,18,20,26,28H,3-4,13-17H2,1-2H3,(H,32,36)(H,33,37)/t26-,28-/m0/s1. The maximum atomic E-state index is 13.6. The molecule has 1 aliphatic carbocycles. The van der Waals surface area contributed by atoms with Crippen LogP contribution in [0.3, 0.4) is 0 Å². The topological polar surface area (TPSA) is 132 Å². The summed E-state index contributed by atoms with van der Waals surface area (Å²) >= 11 is 0. The number of nitrogens with zero attached hydrogens (tertiary/aromatic N) is 2. The van der Waals surface area contributed by atoms with Crippen LogP contribution < -0.4 is 24.8 Å². The fraction of sp³-hybridized carbons (Fsp3) is 0.419. The summed E-state index contributed by atoms with van der Waals surface area (Å²) in [6.07, 6.45) is 1.72. The highest BCUT2D eigenvalue weighted by Crippen LogP contribution is 2.31. The Hall–Kier alpha value is -4.54. The van der Waals surface area contributed by atoms with E-state index in [0.29, 0.717) is 47.6 Å². The number of carbonyl (C=O) groups is 3. The average Bonchev–Trinajstić information content (AvgIpc) is 3.53. The fourth-order valence-electron chi connectivity index (χ4n) is 4.90. The molecule has 0 unspecified atom stereocenters. The Morgan fingerprint density at radius 1 is 1.07 bits per heavy atom. The van der Waals surface area contributed by atoms with Crippen molar-refractivity contribution in [2.24, 2.45) is 5.92 Å². The van der Waals surface area contributed by atoms with E-state index in [2.05, 4.69) is 15.8 Å². The molecule has 2 aromatic carbocycles. The van der Waals surface area contributed by atoms with Crippen LogP contribution in [0.25, 0.3) is 0 Å². The zero-order valence-corrected chi connectivity index (χ0v) is 23.6. The molecule has 2 N–H and O–H groups in total. The van der Waals surface area contributed by atoms with Gasteiger partial charge in [-0.1, -0.05) is 31.1 Å². The van der Waals surface area contributed by atoms with Gasteiger partial charge in [-0.15, -0.1) is 0 Å². The van der Waals surface area contributed by atoms with Crippen LogP contribution in [0.1, 0.15) is 64.8 Å². The molecule has 3 aliphatic heterocycles. The average molecular weight is 575 g/mol. The van der Waals surface area contributed by atoms with Gasteiger partial charge >= 0.3 is 0 Å². The van der Waals surface area contributed by atoms with Gasteiger partial charge in [-0.05, 0) is 48.6 Å². The highest BCUT2D eigenvalue weighted by molar-refractivity contribution is 5.96. The van der Waals surface area contributed by atoms with Gasteiger partial charge in [0.05, 0.1) is 19.2 Å². The van der Waals surface area contributed by atoms with Gasteiger partial charge in [0.1, 0.15) is 29.1 Å². The van der Waals surface area contributed by atoms with E-state index in [1.165, 1.54) is 0 Å². The molecule has 0 spiro atoms. The van der Waals surface area contributed by atoms with Gasteiger partial charge in [0.2, 0.25) is 0 Å². The summed E-state index contributed by atoms with van der Waals surface area (Å²) in [5.74, 6) is 1.69. The lowest BCUT2D eigenvalue weighted by molar-refractivity contribution is -0.123. The Bertz CT molecular complexity index is 1460. The van der Waals surface area contributed by atoms with Crippen LogP contribution in [-0.2, 0) is 11.3 Å². The molecule has 11 heteroatoms. The molecular formula is C31H34N4O7. The summed E-state index contributed by atoms with van der Waals surface area (Å²) in [5, 5.41) is 9.87. The first-order valence-corrected chi connectivity index (χ1v) is 14.3. The maximum Gasteiger partial charge on any atom is 0.276 e. The van der Waals surface area contributed by atoms with Crippen molar-refractivity contribution in [2.45, 2.75) is 51.3 Å². The highest BCUT2D eigenvalue weighted by Gasteiger charge is 2.39. The number of hydrogen-bond acceptors (Lipinski definition) is 8. The fourth-order valence-corrected chi connectivity index (χ4v) is 4.90. The molecular weight excluding hydrogens is 540 g/mol. The summed E-state index contributed by atoms with van der Waals surface area (Å²) in [4.78, 5) is 41.0. The van der Waals surface area contributed by atoms with E-state index in [9.17, 15) is 14.4 Å². The van der Waals surface area contributed by atoms with E-state index in [1.54, 1.807) is 41.3 Å². The Labute approximate surface area is 243 Å². The smallest absolute Gasteiger partial charge is 0.276 e. The Morgan fingerprint density at radius 2 is 1.88 bits per heavy atom. The molecule has 4 heterocycles. The van der Waals surface area contributed by atoms with Crippen LogP contribution in [-0.4, -0.2) is 66.2 Å². The van der Waals surface area contributed by atoms with Crippen molar-refractivity contribution < 1.29 is 33.1 Å². The molecule has 3 aromatic rings. The highest BCUT2D eigenvalue weighted by atomic mass is 16.5. The van der Waals surface area contributed by atoms with Crippen molar-refractivity contribution in [2.75, 3.05) is 26.3 Å². The van der Waals surface area contributed by atoms with Crippen molar-refractivity contribution in [1.82, 2.24) is 20.7 Å². The van der Waals surface area contributed by atoms with Gasteiger partial charge < -0.3 is 34.3 Å². The van der Waals surface area contributed by atoms with E-state index in [4.69, 9.17) is 18.7 Å². The second-order valence-electron chi connectivity index (χ2n) is 11.4. The van der Waals surface area contributed by atoms with E-state index >= 15 is 0 Å². The first kappa shape index (κ1) is 27.6. The normalized spacial score (nSPS) is 20.7. The van der Waals surface area contributed by atoms with Crippen LogP contribution in [0, 0.1) is 5.92 Å². The third-order valence-electron chi connectivity index (χ3n) is 7.58. The molecule has 1 saturated heterocycles. The number of rotatable bonds is 5. The molecule has 4 bridgehead atoms. The summed E-state index contributed by atoms with van der Waals surface area (Å²) in [7, 11) is 0. The Morgan fingerprint density at radius 3 is 2.62 bits per heavy atom. The van der Waals surface area contributed by atoms with Gasteiger partial charge in [0.15, 0.2) is 12.3 Å². The number of ether oxygens (including phenoxy) is 3. The van der Waals surface area contributed by atoms with Crippen molar-refractivity contribution in [3.05, 3.63) is 71.1 Å². The molecule has 4 aliphatic rings. The van der Waals surface area contributed by atoms with Gasteiger partial charge in [-0.25, -0.2) is 0 Å². The maximum absolute atomic E-state index is 13.6. The minimum absolute atomic E-state index is 0.0928. The van der Waals surface area contributed by atoms with Crippen LogP contribution in [0.4, 0.5) is 0 Å². The predicted octanol–water partition coefficient (Wildman–Crippen LogP) is 3.30. The van der Waals surface area contributed by atoms with Crippen LogP contribution in [0.2, 0.25) is 0 Å². The number of benzene rings is 2. The molecule has 3 amide bonds. The van der Waals surface area contributed by atoms with Crippen LogP contribution in [0.15, 0.2) is 53.1 Å². The van der Waals surface area contributed by atoms with Crippen LogP contribution >= 0.6 is 0 Å². The van der Waals surface area contributed by atoms with E-state index < -0.39 is 12.1 Å². The first-order valence-electron chi connectivity index (χ1n) is 14.3. The molecule has 7 rings (SSSR count). The summed E-state index contributed by atoms with van der Waals surface area (Å²) in [6, 6.07) is 13.4.